The second-order valence-electron chi connectivity index (χ2n) is 15.2. The number of ether oxygens (including phenoxy) is 1. The van der Waals surface area contributed by atoms with E-state index >= 15 is 0 Å². The fraction of sp³-hybridized carbons (Fsp3) is 0.512. The highest BCUT2D eigenvalue weighted by atomic mass is 79.9. The summed E-state index contributed by atoms with van der Waals surface area (Å²) in [5.41, 5.74) is 8.60. The molecule has 2 aromatic carbocycles. The molecule has 1 aromatic heterocycles. The first-order valence-electron chi connectivity index (χ1n) is 19.8. The second kappa shape index (κ2) is 21.6. The quantitative estimate of drug-likeness (QED) is 0.0396. The number of nitrogens with two attached hydrogens (primary N) is 1. The molecule has 15 nitrogen and oxygen atoms in total. The van der Waals surface area contributed by atoms with Gasteiger partial charge in [0, 0.05) is 22.6 Å². The maximum absolute atomic E-state index is 14.0. The van der Waals surface area contributed by atoms with Crippen molar-refractivity contribution in [1.29, 1.82) is 0 Å². The van der Waals surface area contributed by atoms with Gasteiger partial charge in [-0.2, -0.15) is 0 Å². The summed E-state index contributed by atoms with van der Waals surface area (Å²) >= 11 is 4.56. The largest absolute Gasteiger partial charge is 0.496 e. The third-order valence-corrected chi connectivity index (χ3v) is 13.5. The Morgan fingerprint density at radius 1 is 0.966 bits per heavy atom. The average Bonchev–Trinajstić information content (AvgIpc) is 3.73. The Labute approximate surface area is 359 Å². The van der Waals surface area contributed by atoms with Crippen LogP contribution in [0.25, 0.3) is 0 Å². The first-order valence-corrected chi connectivity index (χ1v) is 22.9. The number of methoxy groups -OCH3 is 1. The molecule has 4 rings (SSSR count). The molecular formula is C41H57BrN8O7S2. The van der Waals surface area contributed by atoms with Gasteiger partial charge in [-0.25, -0.2) is 22.9 Å². The summed E-state index contributed by atoms with van der Waals surface area (Å²) in [6.07, 6.45) is 6.23. The molecule has 4 atom stereocenters. The summed E-state index contributed by atoms with van der Waals surface area (Å²) in [6.45, 7) is 10.6. The maximum atomic E-state index is 14.0. The van der Waals surface area contributed by atoms with Crippen molar-refractivity contribution >= 4 is 66.9 Å². The van der Waals surface area contributed by atoms with Gasteiger partial charge in [0.05, 0.1) is 24.1 Å². The number of aromatic nitrogens is 1. The van der Waals surface area contributed by atoms with Gasteiger partial charge in [-0.05, 0) is 106 Å². The number of ketones is 1. The molecule has 7 N–H and O–H groups in total. The number of guanidine groups is 1. The van der Waals surface area contributed by atoms with Crippen LogP contribution in [0.5, 0.6) is 5.75 Å². The molecule has 0 saturated heterocycles. The van der Waals surface area contributed by atoms with E-state index < -0.39 is 51.8 Å². The number of amides is 4. The smallest absolute Gasteiger partial charge is 0.315 e. The normalized spacial score (nSPS) is 15.7. The number of aliphatic imine (C=N–C) groups is 1. The number of carbonyl (C=O) groups excluding carboxylic acids is 4. The Bertz CT molecular complexity index is 2070. The summed E-state index contributed by atoms with van der Waals surface area (Å²) in [5.74, 6) is -1.74. The number of urea groups is 1. The lowest BCUT2D eigenvalue weighted by atomic mass is 9.83. The molecule has 0 aliphatic heterocycles. The fourth-order valence-electron chi connectivity index (χ4n) is 7.24. The van der Waals surface area contributed by atoms with Gasteiger partial charge in [-0.3, -0.25) is 19.4 Å². The van der Waals surface area contributed by atoms with Crippen LogP contribution in [0.15, 0.2) is 56.3 Å². The number of Topliss-reactive ketones (excluding diaryl/α,β-unsaturated/α-hetero) is 1. The van der Waals surface area contributed by atoms with Crippen LogP contribution in [0.3, 0.4) is 0 Å². The van der Waals surface area contributed by atoms with E-state index in [1.165, 1.54) is 13.3 Å². The lowest BCUT2D eigenvalue weighted by Gasteiger charge is -2.32. The summed E-state index contributed by atoms with van der Waals surface area (Å²) in [5, 5.41) is 13.4. The van der Waals surface area contributed by atoms with E-state index in [4.69, 9.17) is 10.5 Å². The van der Waals surface area contributed by atoms with Gasteiger partial charge >= 0.3 is 6.03 Å². The molecule has 0 bridgehead atoms. The monoisotopic (exact) mass is 916 g/mol. The van der Waals surface area contributed by atoms with Crippen molar-refractivity contribution < 1.29 is 32.3 Å². The number of sulfonamides is 1. The molecule has 1 fully saturated rings. The molecular weight excluding hydrogens is 861 g/mol. The number of nitrogens with one attached hydrogen (secondary N) is 5. The van der Waals surface area contributed by atoms with Crippen LogP contribution >= 0.6 is 27.3 Å². The minimum atomic E-state index is -4.09. The van der Waals surface area contributed by atoms with Crippen LogP contribution < -0.4 is 36.5 Å². The van der Waals surface area contributed by atoms with Gasteiger partial charge in [0.25, 0.3) is 10.0 Å². The van der Waals surface area contributed by atoms with Crippen LogP contribution in [0.2, 0.25) is 0 Å². The zero-order valence-electron chi connectivity index (χ0n) is 34.7. The lowest BCUT2D eigenvalue weighted by Crippen LogP contribution is -2.59. The van der Waals surface area contributed by atoms with Crippen molar-refractivity contribution in [2.24, 2.45) is 22.6 Å². The van der Waals surface area contributed by atoms with Crippen LogP contribution in [0.4, 0.5) is 4.79 Å². The number of nitrogens with zero attached hydrogens (tertiary/aromatic N) is 2. The minimum Gasteiger partial charge on any atom is -0.496 e. The molecule has 59 heavy (non-hydrogen) atoms. The first kappa shape index (κ1) is 47.1. The van der Waals surface area contributed by atoms with E-state index in [0.717, 1.165) is 53.5 Å². The summed E-state index contributed by atoms with van der Waals surface area (Å²) in [7, 11) is -2.57. The summed E-state index contributed by atoms with van der Waals surface area (Å²) < 4.78 is 35.3. The molecule has 0 radical (unpaired) electrons. The molecule has 1 saturated carbocycles. The van der Waals surface area contributed by atoms with Crippen molar-refractivity contribution in [1.82, 2.24) is 31.0 Å². The van der Waals surface area contributed by atoms with E-state index in [0.29, 0.717) is 22.4 Å². The summed E-state index contributed by atoms with van der Waals surface area (Å²) in [6, 6.07) is 5.43. The Balaban J connectivity index is 1.44. The molecule has 4 amide bonds. The van der Waals surface area contributed by atoms with Gasteiger partial charge < -0.3 is 31.7 Å². The molecule has 0 spiro atoms. The molecule has 322 valence electrons. The van der Waals surface area contributed by atoms with E-state index in [1.54, 1.807) is 46.1 Å². The second-order valence-corrected chi connectivity index (χ2v) is 18.7. The lowest BCUT2D eigenvalue weighted by molar-refractivity contribution is -0.132. The molecule has 3 aromatic rings. The first-order chi connectivity index (χ1) is 27.9. The van der Waals surface area contributed by atoms with E-state index in [9.17, 15) is 27.6 Å². The maximum Gasteiger partial charge on any atom is 0.315 e. The highest BCUT2D eigenvalue weighted by Crippen LogP contribution is 2.31. The molecule has 18 heteroatoms. The van der Waals surface area contributed by atoms with Crippen LogP contribution in [0, 0.1) is 32.6 Å². The standard InChI is InChI=1S/C41H57BrN8O7S2/c1-23(2)33(48-38(53)34(29-12-9-8-10-13-29)49-41(54)46-27(6)28-15-17-30(42)18-16-28)37(52)47-31(35(51)39-44-20-21-58-39)14-11-19-45-40(43)50-59(55,56)36-24(3)22-32(57-7)25(4)26(36)5/h15-18,20-23,27,29,31,33-34H,8-14,19H2,1-7H3,(H,47,52)(H,48,53)(H3,43,45,50)(H2,46,49,54)/t27-,31+,33+,34+/m1/s1. The van der Waals surface area contributed by atoms with Gasteiger partial charge in [0.1, 0.15) is 17.8 Å². The minimum absolute atomic E-state index is 0.0348. The summed E-state index contributed by atoms with van der Waals surface area (Å²) in [4.78, 5) is 63.4. The highest BCUT2D eigenvalue weighted by molar-refractivity contribution is 9.10. The van der Waals surface area contributed by atoms with Crippen molar-refractivity contribution in [3.05, 3.63) is 73.6 Å². The van der Waals surface area contributed by atoms with E-state index in [2.05, 4.69) is 51.9 Å². The topological polar surface area (TPSA) is 223 Å². The fourth-order valence-corrected chi connectivity index (χ4v) is 9.62. The van der Waals surface area contributed by atoms with Crippen LogP contribution in [0.1, 0.15) is 104 Å². The van der Waals surface area contributed by atoms with Crippen molar-refractivity contribution in [3.8, 4) is 5.75 Å². The van der Waals surface area contributed by atoms with Crippen molar-refractivity contribution in [2.45, 2.75) is 116 Å². The number of benzene rings is 2. The molecule has 0 unspecified atom stereocenters. The SMILES string of the molecule is COc1cc(C)c(S(=O)(=O)NC(N)=NCCC[C@H](NC(=O)[C@@H](NC(=O)[C@@H](NC(=O)N[C@H](C)c2ccc(Br)cc2)C2CCCCC2)C(C)C)C(=O)c2nccs2)c(C)c1C. The number of aryl methyl sites for hydroxylation is 1. The van der Waals surface area contributed by atoms with Gasteiger partial charge in [0.15, 0.2) is 5.01 Å². The predicted octanol–water partition coefficient (Wildman–Crippen LogP) is 5.73. The zero-order chi connectivity index (χ0) is 43.4. The number of rotatable bonds is 18. The molecule has 1 heterocycles. The van der Waals surface area contributed by atoms with Gasteiger partial charge in [-0.15, -0.1) is 11.3 Å². The van der Waals surface area contributed by atoms with E-state index in [1.807, 2.05) is 31.2 Å². The number of hydrogen-bond donors (Lipinski definition) is 6. The predicted molar refractivity (Wildman–Crippen MR) is 233 cm³/mol. The number of hydrogen-bond acceptors (Lipinski definition) is 10. The highest BCUT2D eigenvalue weighted by Gasteiger charge is 2.36. The van der Waals surface area contributed by atoms with E-state index in [-0.39, 0.29) is 53.1 Å². The van der Waals surface area contributed by atoms with Gasteiger partial charge in [0.2, 0.25) is 23.6 Å². The number of carbonyl (C=O) groups is 4. The Kier molecular flexibility index (Phi) is 17.3. The Morgan fingerprint density at radius 3 is 2.25 bits per heavy atom. The van der Waals surface area contributed by atoms with Crippen molar-refractivity contribution in [2.75, 3.05) is 13.7 Å². The Hall–Kier alpha value is -4.55. The Morgan fingerprint density at radius 2 is 1.64 bits per heavy atom. The molecule has 1 aliphatic rings. The average molecular weight is 918 g/mol. The molecule has 1 aliphatic carbocycles. The van der Waals surface area contributed by atoms with Crippen molar-refractivity contribution in [3.63, 3.8) is 0 Å². The van der Waals surface area contributed by atoms with Crippen LogP contribution in [-0.2, 0) is 19.6 Å². The van der Waals surface area contributed by atoms with Gasteiger partial charge in [-0.1, -0.05) is 61.2 Å². The number of thiazole rings is 1. The number of halogens is 1. The van der Waals surface area contributed by atoms with Crippen LogP contribution in [-0.4, -0.2) is 74.8 Å². The zero-order valence-corrected chi connectivity index (χ0v) is 37.9. The third kappa shape index (κ3) is 13.0. The third-order valence-electron chi connectivity index (χ3n) is 10.6.